The molecule has 0 atom stereocenters. The second-order valence-electron chi connectivity index (χ2n) is 6.64. The van der Waals surface area contributed by atoms with Gasteiger partial charge in [0, 0.05) is 6.54 Å². The highest BCUT2D eigenvalue weighted by atomic mass is 32.2. The molecule has 2 N–H and O–H groups in total. The normalized spacial score (nSPS) is 21.1. The van der Waals surface area contributed by atoms with Crippen LogP contribution in [-0.2, 0) is 10.0 Å². The summed E-state index contributed by atoms with van der Waals surface area (Å²) in [7, 11) is -3.94. The molecule has 1 aliphatic rings. The molecule has 0 aliphatic heterocycles. The maximum Gasteiger partial charge on any atom is 0.243 e. The Morgan fingerprint density at radius 1 is 1.19 bits per heavy atom. The fraction of sp³-hybridized carbons (Fsp3) is 0.600. The van der Waals surface area contributed by atoms with Crippen molar-refractivity contribution in [3.63, 3.8) is 0 Å². The van der Waals surface area contributed by atoms with Crippen molar-refractivity contribution in [3.05, 3.63) is 30.1 Å². The van der Waals surface area contributed by atoms with Crippen molar-refractivity contribution in [2.75, 3.05) is 6.54 Å². The van der Waals surface area contributed by atoms with Gasteiger partial charge in [0.25, 0.3) is 0 Å². The van der Waals surface area contributed by atoms with E-state index in [0.29, 0.717) is 12.8 Å². The third-order valence-corrected chi connectivity index (χ3v) is 5.69. The van der Waals surface area contributed by atoms with Crippen molar-refractivity contribution in [2.24, 2.45) is 5.41 Å². The zero-order chi connectivity index (χ0) is 15.7. The lowest BCUT2D eigenvalue weighted by molar-refractivity contribution is -0.0205. The smallest absolute Gasteiger partial charge is 0.243 e. The van der Waals surface area contributed by atoms with Gasteiger partial charge in [0.1, 0.15) is 10.7 Å². The number of hydrogen-bond acceptors (Lipinski definition) is 3. The molecular formula is C15H22FNO3S. The largest absolute Gasteiger partial charge is 0.389 e. The topological polar surface area (TPSA) is 66.4 Å². The third-order valence-electron chi connectivity index (χ3n) is 4.25. The SMILES string of the molecule is CC1(C)CCC(O)(CNS(=O)(=O)c2ccccc2F)CC1. The average Bonchev–Trinajstić information content (AvgIpc) is 2.41. The van der Waals surface area contributed by atoms with Gasteiger partial charge >= 0.3 is 0 Å². The second-order valence-corrected chi connectivity index (χ2v) is 8.38. The third kappa shape index (κ3) is 4.02. The van der Waals surface area contributed by atoms with Gasteiger partial charge in [-0.05, 0) is 43.2 Å². The van der Waals surface area contributed by atoms with E-state index in [1.165, 1.54) is 18.2 Å². The molecule has 1 aliphatic carbocycles. The monoisotopic (exact) mass is 315 g/mol. The van der Waals surface area contributed by atoms with Crippen molar-refractivity contribution in [1.82, 2.24) is 4.72 Å². The maximum atomic E-state index is 13.6. The molecule has 6 heteroatoms. The highest BCUT2D eigenvalue weighted by Crippen LogP contribution is 2.39. The first-order chi connectivity index (χ1) is 9.64. The lowest BCUT2D eigenvalue weighted by Crippen LogP contribution is -2.46. The summed E-state index contributed by atoms with van der Waals surface area (Å²) in [5, 5.41) is 10.5. The molecule has 1 saturated carbocycles. The Balaban J connectivity index is 2.04. The summed E-state index contributed by atoms with van der Waals surface area (Å²) in [6, 6.07) is 5.22. The first-order valence-electron chi connectivity index (χ1n) is 7.10. The molecule has 0 heterocycles. The van der Waals surface area contributed by atoms with Crippen molar-refractivity contribution in [3.8, 4) is 0 Å². The highest BCUT2D eigenvalue weighted by Gasteiger charge is 2.37. The minimum absolute atomic E-state index is 0.0836. The summed E-state index contributed by atoms with van der Waals surface area (Å²) >= 11 is 0. The van der Waals surface area contributed by atoms with Crippen LogP contribution in [-0.4, -0.2) is 25.7 Å². The summed E-state index contributed by atoms with van der Waals surface area (Å²) in [6.07, 6.45) is 2.76. The van der Waals surface area contributed by atoms with Gasteiger partial charge in [-0.15, -0.1) is 0 Å². The minimum Gasteiger partial charge on any atom is -0.389 e. The van der Waals surface area contributed by atoms with Crippen LogP contribution in [0.5, 0.6) is 0 Å². The van der Waals surface area contributed by atoms with Crippen LogP contribution in [0.25, 0.3) is 0 Å². The first kappa shape index (κ1) is 16.4. The van der Waals surface area contributed by atoms with Crippen LogP contribution in [0.15, 0.2) is 29.2 Å². The van der Waals surface area contributed by atoms with Gasteiger partial charge in [0.05, 0.1) is 5.60 Å². The number of aliphatic hydroxyl groups is 1. The van der Waals surface area contributed by atoms with Crippen molar-refractivity contribution < 1.29 is 17.9 Å². The van der Waals surface area contributed by atoms with Crippen molar-refractivity contribution in [1.29, 1.82) is 0 Å². The summed E-state index contributed by atoms with van der Waals surface area (Å²) in [5.74, 6) is -0.790. The average molecular weight is 315 g/mol. The second kappa shape index (κ2) is 5.66. The molecule has 1 aromatic carbocycles. The number of hydrogen-bond donors (Lipinski definition) is 2. The zero-order valence-corrected chi connectivity index (χ0v) is 13.2. The molecule has 0 spiro atoms. The molecule has 118 valence electrons. The lowest BCUT2D eigenvalue weighted by Gasteiger charge is -2.40. The number of halogens is 1. The predicted molar refractivity (Wildman–Crippen MR) is 78.8 cm³/mol. The van der Waals surface area contributed by atoms with E-state index in [9.17, 15) is 17.9 Å². The Hall–Kier alpha value is -0.980. The predicted octanol–water partition coefficient (Wildman–Crippen LogP) is 2.44. The number of sulfonamides is 1. The van der Waals surface area contributed by atoms with E-state index in [1.54, 1.807) is 0 Å². The number of rotatable bonds is 4. The lowest BCUT2D eigenvalue weighted by atomic mass is 9.71. The molecule has 2 rings (SSSR count). The Bertz CT molecular complexity index is 603. The van der Waals surface area contributed by atoms with Gasteiger partial charge in [-0.1, -0.05) is 26.0 Å². The molecule has 0 aromatic heterocycles. The highest BCUT2D eigenvalue weighted by molar-refractivity contribution is 7.89. The van der Waals surface area contributed by atoms with Gasteiger partial charge in [-0.25, -0.2) is 17.5 Å². The maximum absolute atomic E-state index is 13.6. The molecule has 4 nitrogen and oxygen atoms in total. The molecule has 1 aromatic rings. The molecule has 0 saturated heterocycles. The van der Waals surface area contributed by atoms with E-state index >= 15 is 0 Å². The van der Waals surface area contributed by atoms with Gasteiger partial charge in [0.2, 0.25) is 10.0 Å². The molecule has 0 radical (unpaired) electrons. The quantitative estimate of drug-likeness (QED) is 0.897. The van der Waals surface area contributed by atoms with E-state index < -0.39 is 21.4 Å². The summed E-state index contributed by atoms with van der Waals surface area (Å²) < 4.78 is 40.1. The van der Waals surface area contributed by atoms with E-state index in [4.69, 9.17) is 0 Å². The van der Waals surface area contributed by atoms with E-state index in [0.717, 1.165) is 18.9 Å². The van der Waals surface area contributed by atoms with Gasteiger partial charge in [-0.3, -0.25) is 0 Å². The van der Waals surface area contributed by atoms with Crippen LogP contribution in [0.1, 0.15) is 39.5 Å². The summed E-state index contributed by atoms with van der Waals surface area (Å²) in [5.41, 5.74) is -0.871. The van der Waals surface area contributed by atoms with E-state index in [-0.39, 0.29) is 16.9 Å². The van der Waals surface area contributed by atoms with Gasteiger partial charge in [0.15, 0.2) is 0 Å². The zero-order valence-electron chi connectivity index (χ0n) is 12.4. The molecular weight excluding hydrogens is 293 g/mol. The fourth-order valence-corrected chi connectivity index (χ4v) is 3.74. The summed E-state index contributed by atoms with van der Waals surface area (Å²) in [4.78, 5) is -0.385. The standard InChI is InChI=1S/C15H22FNO3S/c1-14(2)7-9-15(18,10-8-14)11-17-21(19,20)13-6-4-3-5-12(13)16/h3-6,17-18H,7-11H2,1-2H3. The summed E-state index contributed by atoms with van der Waals surface area (Å²) in [6.45, 7) is 4.19. The van der Waals surface area contributed by atoms with Crippen LogP contribution in [0.4, 0.5) is 4.39 Å². The minimum atomic E-state index is -3.94. The van der Waals surface area contributed by atoms with Gasteiger partial charge in [-0.2, -0.15) is 0 Å². The van der Waals surface area contributed by atoms with Crippen LogP contribution < -0.4 is 4.72 Å². The van der Waals surface area contributed by atoms with Crippen LogP contribution >= 0.6 is 0 Å². The molecule has 0 amide bonds. The Kier molecular flexibility index (Phi) is 4.42. The first-order valence-corrected chi connectivity index (χ1v) is 8.59. The number of nitrogens with one attached hydrogen (secondary N) is 1. The molecule has 0 unspecified atom stereocenters. The van der Waals surface area contributed by atoms with Crippen LogP contribution in [0.3, 0.4) is 0 Å². The Morgan fingerprint density at radius 2 is 1.76 bits per heavy atom. The Labute approximate surface area is 125 Å². The van der Waals surface area contributed by atoms with Crippen LogP contribution in [0.2, 0.25) is 0 Å². The van der Waals surface area contributed by atoms with E-state index in [1.807, 2.05) is 0 Å². The van der Waals surface area contributed by atoms with Gasteiger partial charge < -0.3 is 5.11 Å². The fourth-order valence-electron chi connectivity index (χ4n) is 2.54. The molecule has 1 fully saturated rings. The van der Waals surface area contributed by atoms with Crippen LogP contribution in [0, 0.1) is 11.2 Å². The van der Waals surface area contributed by atoms with Crippen molar-refractivity contribution in [2.45, 2.75) is 50.0 Å². The van der Waals surface area contributed by atoms with E-state index in [2.05, 4.69) is 18.6 Å². The Morgan fingerprint density at radius 3 is 2.33 bits per heavy atom. The van der Waals surface area contributed by atoms with Crippen molar-refractivity contribution >= 4 is 10.0 Å². The number of benzene rings is 1. The molecule has 0 bridgehead atoms. The molecule has 21 heavy (non-hydrogen) atoms.